The Bertz CT molecular complexity index is 1620. The van der Waals surface area contributed by atoms with Crippen molar-refractivity contribution in [3.05, 3.63) is 119 Å². The molecule has 4 aromatic rings. The standard InChI is InChI=1S/C34H33N3O5S/c1-22-9-8-10-23(2)32(22)37-31(38)21-43-27-16-14-26(15-17-27)35-34(40)28(36-33(39)25-11-6-5-7-12-25)19-24-13-18-29(41-3)30(20-24)42-4/h5-20H,21H2,1-4H3,(H,35,40)(H,36,39)(H,37,38)/b28-19-. The molecular formula is C34H33N3O5S. The van der Waals surface area contributed by atoms with Crippen molar-refractivity contribution in [1.82, 2.24) is 5.32 Å². The van der Waals surface area contributed by atoms with E-state index in [0.29, 0.717) is 28.3 Å². The summed E-state index contributed by atoms with van der Waals surface area (Å²) in [6.45, 7) is 3.93. The molecule has 0 aromatic heterocycles. The smallest absolute Gasteiger partial charge is 0.272 e. The molecule has 3 N–H and O–H groups in total. The van der Waals surface area contributed by atoms with Crippen molar-refractivity contribution in [2.45, 2.75) is 18.7 Å². The summed E-state index contributed by atoms with van der Waals surface area (Å²) in [6.07, 6.45) is 1.57. The number of hydrogen-bond acceptors (Lipinski definition) is 6. The first-order chi connectivity index (χ1) is 20.8. The molecule has 43 heavy (non-hydrogen) atoms. The number of aryl methyl sites for hydroxylation is 2. The van der Waals surface area contributed by atoms with Crippen molar-refractivity contribution in [2.24, 2.45) is 0 Å². The largest absolute Gasteiger partial charge is 0.493 e. The predicted octanol–water partition coefficient (Wildman–Crippen LogP) is 6.46. The summed E-state index contributed by atoms with van der Waals surface area (Å²) < 4.78 is 10.7. The fourth-order valence-electron chi connectivity index (χ4n) is 4.22. The van der Waals surface area contributed by atoms with Gasteiger partial charge in [-0.3, -0.25) is 14.4 Å². The minimum Gasteiger partial charge on any atom is -0.493 e. The Kier molecular flexibility index (Phi) is 10.6. The van der Waals surface area contributed by atoms with Crippen molar-refractivity contribution >= 4 is 46.9 Å². The highest BCUT2D eigenvalue weighted by Gasteiger charge is 2.16. The van der Waals surface area contributed by atoms with Gasteiger partial charge in [-0.1, -0.05) is 42.5 Å². The summed E-state index contributed by atoms with van der Waals surface area (Å²) in [7, 11) is 3.06. The van der Waals surface area contributed by atoms with E-state index in [-0.39, 0.29) is 17.4 Å². The van der Waals surface area contributed by atoms with E-state index in [4.69, 9.17) is 9.47 Å². The molecule has 4 rings (SSSR count). The molecule has 0 aliphatic carbocycles. The molecule has 0 bridgehead atoms. The quantitative estimate of drug-likeness (QED) is 0.136. The van der Waals surface area contributed by atoms with Crippen LogP contribution >= 0.6 is 11.8 Å². The number of thioether (sulfide) groups is 1. The number of hydrogen-bond donors (Lipinski definition) is 3. The van der Waals surface area contributed by atoms with Crippen molar-refractivity contribution in [3.8, 4) is 11.5 Å². The van der Waals surface area contributed by atoms with Crippen molar-refractivity contribution in [3.63, 3.8) is 0 Å². The highest BCUT2D eigenvalue weighted by molar-refractivity contribution is 8.00. The van der Waals surface area contributed by atoms with Crippen LogP contribution in [0.2, 0.25) is 0 Å². The maximum absolute atomic E-state index is 13.4. The lowest BCUT2D eigenvalue weighted by atomic mass is 10.1. The van der Waals surface area contributed by atoms with Crippen LogP contribution in [0, 0.1) is 13.8 Å². The second-order valence-corrected chi connectivity index (χ2v) is 10.6. The van der Waals surface area contributed by atoms with Crippen molar-refractivity contribution in [2.75, 3.05) is 30.6 Å². The lowest BCUT2D eigenvalue weighted by Crippen LogP contribution is -2.30. The first kappa shape index (κ1) is 30.9. The molecule has 4 aromatic carbocycles. The number of amides is 3. The minimum atomic E-state index is -0.507. The summed E-state index contributed by atoms with van der Waals surface area (Å²) in [6, 6.07) is 26.9. The van der Waals surface area contributed by atoms with E-state index < -0.39 is 11.8 Å². The molecule has 3 amide bonds. The first-order valence-electron chi connectivity index (χ1n) is 13.5. The fourth-order valence-corrected chi connectivity index (χ4v) is 4.92. The van der Waals surface area contributed by atoms with Crippen LogP contribution in [0.4, 0.5) is 11.4 Å². The number of ether oxygens (including phenoxy) is 2. The summed E-state index contributed by atoms with van der Waals surface area (Å²) in [5.41, 5.74) is 4.47. The number of para-hydroxylation sites is 1. The Balaban J connectivity index is 1.45. The third-order valence-electron chi connectivity index (χ3n) is 6.48. The van der Waals surface area contributed by atoms with Gasteiger partial charge in [0.15, 0.2) is 11.5 Å². The Morgan fingerprint density at radius 2 is 1.44 bits per heavy atom. The highest BCUT2D eigenvalue weighted by atomic mass is 32.2. The number of anilines is 2. The van der Waals surface area contributed by atoms with Crippen LogP contribution in [0.15, 0.2) is 102 Å². The van der Waals surface area contributed by atoms with Crippen LogP contribution in [0.1, 0.15) is 27.0 Å². The summed E-state index contributed by atoms with van der Waals surface area (Å²) in [5.74, 6) is 0.240. The molecule has 0 unspecified atom stereocenters. The fraction of sp³-hybridized carbons (Fsp3) is 0.147. The monoisotopic (exact) mass is 595 g/mol. The zero-order valence-electron chi connectivity index (χ0n) is 24.4. The Morgan fingerprint density at radius 1 is 0.767 bits per heavy atom. The lowest BCUT2D eigenvalue weighted by molar-refractivity contribution is -0.114. The number of carbonyl (C=O) groups is 3. The van der Waals surface area contributed by atoms with E-state index in [9.17, 15) is 14.4 Å². The average molecular weight is 596 g/mol. The van der Waals surface area contributed by atoms with Crippen LogP contribution in [0.25, 0.3) is 6.08 Å². The van der Waals surface area contributed by atoms with Crippen LogP contribution in [-0.4, -0.2) is 37.7 Å². The van der Waals surface area contributed by atoms with E-state index in [1.54, 1.807) is 60.7 Å². The Hall–Kier alpha value is -5.02. The normalized spacial score (nSPS) is 10.9. The van der Waals surface area contributed by atoms with E-state index in [2.05, 4.69) is 16.0 Å². The molecule has 0 heterocycles. The summed E-state index contributed by atoms with van der Waals surface area (Å²) in [4.78, 5) is 39.7. The number of rotatable bonds is 11. The van der Waals surface area contributed by atoms with Gasteiger partial charge in [0.05, 0.1) is 20.0 Å². The van der Waals surface area contributed by atoms with Gasteiger partial charge in [-0.2, -0.15) is 0 Å². The zero-order chi connectivity index (χ0) is 30.8. The second-order valence-electron chi connectivity index (χ2n) is 9.57. The molecular weight excluding hydrogens is 562 g/mol. The maximum Gasteiger partial charge on any atom is 0.272 e. The van der Waals surface area contributed by atoms with Crippen molar-refractivity contribution < 1.29 is 23.9 Å². The minimum absolute atomic E-state index is 0.0442. The topological polar surface area (TPSA) is 106 Å². The SMILES string of the molecule is COc1ccc(/C=C(\NC(=O)c2ccccc2)C(=O)Nc2ccc(SCC(=O)Nc3c(C)cccc3C)cc2)cc1OC. The average Bonchev–Trinajstić information content (AvgIpc) is 3.02. The molecule has 0 saturated carbocycles. The number of nitrogens with one attached hydrogen (secondary N) is 3. The van der Waals surface area contributed by atoms with Gasteiger partial charge in [-0.15, -0.1) is 11.8 Å². The third-order valence-corrected chi connectivity index (χ3v) is 7.49. The van der Waals surface area contributed by atoms with E-state index in [1.807, 2.05) is 50.2 Å². The third kappa shape index (κ3) is 8.50. The van der Waals surface area contributed by atoms with Gasteiger partial charge in [0.2, 0.25) is 5.91 Å². The molecule has 8 nitrogen and oxygen atoms in total. The molecule has 9 heteroatoms. The summed E-state index contributed by atoms with van der Waals surface area (Å²) >= 11 is 1.39. The number of carbonyl (C=O) groups excluding carboxylic acids is 3. The molecule has 0 saturated heterocycles. The van der Waals surface area contributed by atoms with E-state index >= 15 is 0 Å². The summed E-state index contributed by atoms with van der Waals surface area (Å²) in [5, 5.41) is 8.56. The number of methoxy groups -OCH3 is 2. The molecule has 0 spiro atoms. The van der Waals surface area contributed by atoms with Gasteiger partial charge in [0, 0.05) is 21.8 Å². The van der Waals surface area contributed by atoms with E-state index in [1.165, 1.54) is 26.0 Å². The second kappa shape index (κ2) is 14.7. The van der Waals surface area contributed by atoms with Gasteiger partial charge in [0.1, 0.15) is 5.70 Å². The zero-order valence-corrected chi connectivity index (χ0v) is 25.2. The molecule has 220 valence electrons. The van der Waals surface area contributed by atoms with Crippen LogP contribution in [0.5, 0.6) is 11.5 Å². The predicted molar refractivity (Wildman–Crippen MR) is 172 cm³/mol. The molecule has 0 aliphatic rings. The van der Waals surface area contributed by atoms with Gasteiger partial charge in [0.25, 0.3) is 11.8 Å². The van der Waals surface area contributed by atoms with Gasteiger partial charge >= 0.3 is 0 Å². The maximum atomic E-state index is 13.4. The van der Waals surface area contributed by atoms with Gasteiger partial charge < -0.3 is 25.4 Å². The van der Waals surface area contributed by atoms with Gasteiger partial charge in [-0.05, 0) is 85.1 Å². The first-order valence-corrected chi connectivity index (χ1v) is 14.5. The Labute approximate surface area is 255 Å². The highest BCUT2D eigenvalue weighted by Crippen LogP contribution is 2.29. The molecule has 0 radical (unpaired) electrons. The number of benzene rings is 4. The molecule has 0 aliphatic heterocycles. The Morgan fingerprint density at radius 3 is 2.09 bits per heavy atom. The molecule has 0 atom stereocenters. The lowest BCUT2D eigenvalue weighted by Gasteiger charge is -2.13. The van der Waals surface area contributed by atoms with E-state index in [0.717, 1.165) is 21.7 Å². The van der Waals surface area contributed by atoms with Crippen LogP contribution in [-0.2, 0) is 9.59 Å². The van der Waals surface area contributed by atoms with Crippen molar-refractivity contribution in [1.29, 1.82) is 0 Å². The van der Waals surface area contributed by atoms with Gasteiger partial charge in [-0.25, -0.2) is 0 Å². The van der Waals surface area contributed by atoms with Crippen LogP contribution in [0.3, 0.4) is 0 Å². The van der Waals surface area contributed by atoms with Crippen LogP contribution < -0.4 is 25.4 Å². The molecule has 0 fully saturated rings.